The first-order valence-corrected chi connectivity index (χ1v) is 12.7. The number of hydrogen-bond acceptors (Lipinski definition) is 4. The van der Waals surface area contributed by atoms with Crippen LogP contribution in [0.1, 0.15) is 20.3 Å². The van der Waals surface area contributed by atoms with Crippen molar-refractivity contribution in [2.24, 2.45) is 5.92 Å². The van der Waals surface area contributed by atoms with Crippen molar-refractivity contribution in [1.82, 2.24) is 5.32 Å². The fourth-order valence-corrected chi connectivity index (χ4v) is 4.44. The number of carbonyl (C=O) groups excluding carboxylic acids is 3. The molecule has 3 amide bonds. The van der Waals surface area contributed by atoms with Crippen LogP contribution in [0.25, 0.3) is 0 Å². The number of anilines is 3. The number of para-hydroxylation sites is 1. The number of halogens is 2. The van der Waals surface area contributed by atoms with Crippen molar-refractivity contribution >= 4 is 62.5 Å². The number of hydrogen-bond donors (Lipinski definition) is 1. The summed E-state index contributed by atoms with van der Waals surface area (Å²) in [6.07, 6.45) is -0.229. The predicted molar refractivity (Wildman–Crippen MR) is 144 cm³/mol. The lowest BCUT2D eigenvalue weighted by molar-refractivity contribution is -0.128. The zero-order valence-corrected chi connectivity index (χ0v) is 22.1. The number of fused-ring (bicyclic) bond motifs is 1. The normalized spacial score (nSPS) is 15.5. The second-order valence-electron chi connectivity index (χ2n) is 8.74. The zero-order chi connectivity index (χ0) is 25.8. The lowest BCUT2D eigenvalue weighted by atomic mass is 10.1. The summed E-state index contributed by atoms with van der Waals surface area (Å²) in [5.74, 6) is -0.596. The Balaban J connectivity index is 1.76. The van der Waals surface area contributed by atoms with Crippen LogP contribution >= 0.6 is 27.5 Å². The quantitative estimate of drug-likeness (QED) is 0.352. The standard InChI is InChI=1S/C27H25BrClN3O4/c1-17(2)13-14-31-23-16-19(29)11-12-22(23)32(20-8-4-3-5-9-20)26(34)24(25(31)33)30-27(35)36-21-10-6-7-18(28)15-21/h3-12,15-17,24H,13-14H2,1-2H3,(H,30,35). The minimum absolute atomic E-state index is 0.266. The molecule has 1 aliphatic heterocycles. The highest BCUT2D eigenvalue weighted by molar-refractivity contribution is 9.10. The second-order valence-corrected chi connectivity index (χ2v) is 10.1. The average Bonchev–Trinajstić information content (AvgIpc) is 2.91. The van der Waals surface area contributed by atoms with E-state index in [9.17, 15) is 14.4 Å². The van der Waals surface area contributed by atoms with E-state index in [0.717, 1.165) is 4.47 Å². The van der Waals surface area contributed by atoms with Crippen molar-refractivity contribution in [3.63, 3.8) is 0 Å². The monoisotopic (exact) mass is 569 g/mol. The molecule has 186 valence electrons. The van der Waals surface area contributed by atoms with Gasteiger partial charge in [0.15, 0.2) is 6.04 Å². The molecule has 1 N–H and O–H groups in total. The third-order valence-electron chi connectivity index (χ3n) is 5.66. The Morgan fingerprint density at radius 3 is 2.44 bits per heavy atom. The molecule has 1 aliphatic rings. The Labute approximate surface area is 223 Å². The van der Waals surface area contributed by atoms with Crippen LogP contribution in [0.15, 0.2) is 77.3 Å². The summed E-state index contributed by atoms with van der Waals surface area (Å²) in [5, 5.41) is 2.93. The molecule has 1 atom stereocenters. The number of carbonyl (C=O) groups is 3. The molecule has 4 rings (SSSR count). The van der Waals surface area contributed by atoms with Gasteiger partial charge in [-0.05, 0) is 60.9 Å². The molecule has 7 nitrogen and oxygen atoms in total. The number of benzene rings is 3. The molecule has 0 radical (unpaired) electrons. The van der Waals surface area contributed by atoms with Gasteiger partial charge in [0.25, 0.3) is 11.8 Å². The first-order valence-electron chi connectivity index (χ1n) is 11.5. The summed E-state index contributed by atoms with van der Waals surface area (Å²) in [6.45, 7) is 4.44. The Kier molecular flexibility index (Phi) is 7.96. The first-order chi connectivity index (χ1) is 17.2. The maximum atomic E-state index is 13.9. The van der Waals surface area contributed by atoms with E-state index in [4.69, 9.17) is 16.3 Å². The second kappa shape index (κ2) is 11.1. The molecule has 3 aromatic carbocycles. The van der Waals surface area contributed by atoms with Gasteiger partial charge in [-0.2, -0.15) is 0 Å². The van der Waals surface area contributed by atoms with Gasteiger partial charge in [0.05, 0.1) is 11.4 Å². The topological polar surface area (TPSA) is 79.0 Å². The summed E-state index contributed by atoms with van der Waals surface area (Å²) in [5.41, 5.74) is 1.55. The fourth-order valence-electron chi connectivity index (χ4n) is 3.90. The highest BCUT2D eigenvalue weighted by Gasteiger charge is 2.42. The SMILES string of the molecule is CC(C)CCN1C(=O)C(NC(=O)Oc2cccc(Br)c2)C(=O)N(c2ccccc2)c2ccc(Cl)cc21. The van der Waals surface area contributed by atoms with Gasteiger partial charge < -0.3 is 15.0 Å². The van der Waals surface area contributed by atoms with Crippen LogP contribution in [0, 0.1) is 5.92 Å². The van der Waals surface area contributed by atoms with E-state index in [1.807, 2.05) is 19.9 Å². The molecule has 0 spiro atoms. The minimum atomic E-state index is -1.51. The first kappa shape index (κ1) is 25.7. The maximum Gasteiger partial charge on any atom is 0.413 e. The zero-order valence-electron chi connectivity index (χ0n) is 19.8. The highest BCUT2D eigenvalue weighted by atomic mass is 79.9. The van der Waals surface area contributed by atoms with E-state index in [2.05, 4.69) is 21.2 Å². The Hall–Kier alpha value is -3.36. The largest absolute Gasteiger partial charge is 0.413 e. The molecule has 1 heterocycles. The van der Waals surface area contributed by atoms with Crippen LogP contribution in [0.3, 0.4) is 0 Å². The van der Waals surface area contributed by atoms with E-state index < -0.39 is 23.9 Å². The molecule has 1 unspecified atom stereocenters. The summed E-state index contributed by atoms with van der Waals surface area (Å²) in [4.78, 5) is 43.5. The van der Waals surface area contributed by atoms with Crippen molar-refractivity contribution in [2.45, 2.75) is 26.3 Å². The van der Waals surface area contributed by atoms with Crippen LogP contribution in [-0.2, 0) is 9.59 Å². The Morgan fingerprint density at radius 1 is 1.00 bits per heavy atom. The summed E-state index contributed by atoms with van der Waals surface area (Å²) in [6, 6.07) is 19.2. The van der Waals surface area contributed by atoms with Crippen molar-refractivity contribution in [1.29, 1.82) is 0 Å². The third-order valence-corrected chi connectivity index (χ3v) is 6.39. The van der Waals surface area contributed by atoms with Crippen molar-refractivity contribution < 1.29 is 19.1 Å². The molecule has 0 aromatic heterocycles. The van der Waals surface area contributed by atoms with Crippen LogP contribution in [-0.4, -0.2) is 30.5 Å². The molecular formula is C27H25BrClN3O4. The van der Waals surface area contributed by atoms with Crippen molar-refractivity contribution in [3.8, 4) is 5.75 Å². The van der Waals surface area contributed by atoms with Gasteiger partial charge in [-0.3, -0.25) is 14.5 Å². The number of nitrogens with zero attached hydrogens (tertiary/aromatic N) is 2. The Morgan fingerprint density at radius 2 is 1.75 bits per heavy atom. The third kappa shape index (κ3) is 5.71. The van der Waals surface area contributed by atoms with Gasteiger partial charge in [0.1, 0.15) is 5.75 Å². The molecule has 0 saturated carbocycles. The molecule has 0 saturated heterocycles. The van der Waals surface area contributed by atoms with E-state index in [-0.39, 0.29) is 5.75 Å². The van der Waals surface area contributed by atoms with E-state index >= 15 is 0 Å². The summed E-state index contributed by atoms with van der Waals surface area (Å²) < 4.78 is 6.08. The Bertz CT molecular complexity index is 1290. The van der Waals surface area contributed by atoms with Crippen molar-refractivity contribution in [2.75, 3.05) is 16.3 Å². The molecule has 0 aliphatic carbocycles. The lowest BCUT2D eigenvalue weighted by Crippen LogP contribution is -2.55. The molecule has 9 heteroatoms. The van der Waals surface area contributed by atoms with E-state index in [1.165, 1.54) is 9.80 Å². The minimum Gasteiger partial charge on any atom is -0.410 e. The summed E-state index contributed by atoms with van der Waals surface area (Å²) in [7, 11) is 0. The van der Waals surface area contributed by atoms with Crippen molar-refractivity contribution in [3.05, 3.63) is 82.3 Å². The van der Waals surface area contributed by atoms with Crippen LogP contribution in [0.4, 0.5) is 21.9 Å². The van der Waals surface area contributed by atoms with Gasteiger partial charge in [0, 0.05) is 21.7 Å². The van der Waals surface area contributed by atoms with E-state index in [0.29, 0.717) is 41.0 Å². The predicted octanol–water partition coefficient (Wildman–Crippen LogP) is 6.32. The molecular weight excluding hydrogens is 546 g/mol. The fraction of sp³-hybridized carbons (Fsp3) is 0.222. The molecule has 3 aromatic rings. The van der Waals surface area contributed by atoms with Crippen LogP contribution in [0.2, 0.25) is 5.02 Å². The number of nitrogens with one attached hydrogen (secondary N) is 1. The summed E-state index contributed by atoms with van der Waals surface area (Å²) >= 11 is 9.65. The molecule has 0 fully saturated rings. The van der Waals surface area contributed by atoms with Gasteiger partial charge in [-0.1, -0.05) is 65.6 Å². The van der Waals surface area contributed by atoms with Gasteiger partial charge in [0.2, 0.25) is 0 Å². The lowest BCUT2D eigenvalue weighted by Gasteiger charge is -2.26. The number of rotatable bonds is 6. The van der Waals surface area contributed by atoms with Gasteiger partial charge in [-0.25, -0.2) is 4.79 Å². The molecule has 0 bridgehead atoms. The smallest absolute Gasteiger partial charge is 0.410 e. The average molecular weight is 571 g/mol. The molecule has 36 heavy (non-hydrogen) atoms. The van der Waals surface area contributed by atoms with Gasteiger partial charge >= 0.3 is 6.09 Å². The highest BCUT2D eigenvalue weighted by Crippen LogP contribution is 2.40. The van der Waals surface area contributed by atoms with Crippen LogP contribution in [0.5, 0.6) is 5.75 Å². The van der Waals surface area contributed by atoms with Gasteiger partial charge in [-0.15, -0.1) is 0 Å². The number of amides is 3. The maximum absolute atomic E-state index is 13.9. The number of ether oxygens (including phenoxy) is 1. The van der Waals surface area contributed by atoms with Crippen LogP contribution < -0.4 is 19.9 Å². The van der Waals surface area contributed by atoms with E-state index in [1.54, 1.807) is 66.7 Å².